The number of rotatable bonds is 4. The van der Waals surface area contributed by atoms with E-state index >= 15 is 0 Å². The number of benzene rings is 2. The average molecular weight is 417 g/mol. The predicted molar refractivity (Wildman–Crippen MR) is 96.2 cm³/mol. The molecule has 0 saturated carbocycles. The summed E-state index contributed by atoms with van der Waals surface area (Å²) in [5, 5.41) is 9.22. The van der Waals surface area contributed by atoms with Crippen LogP contribution in [0.5, 0.6) is 0 Å². The molecule has 1 amide bonds. The molecule has 0 atom stereocenters. The summed E-state index contributed by atoms with van der Waals surface area (Å²) in [7, 11) is 0. The lowest BCUT2D eigenvalue weighted by atomic mass is 10.1. The molecule has 0 fully saturated rings. The molecule has 0 aliphatic heterocycles. The second-order valence-corrected chi connectivity index (χ2v) is 6.07. The van der Waals surface area contributed by atoms with Crippen LogP contribution in [0.25, 0.3) is 17.0 Å². The first-order chi connectivity index (χ1) is 14.3. The van der Waals surface area contributed by atoms with E-state index in [-0.39, 0.29) is 11.4 Å². The standard InChI is InChI=1S/C19H11F4N5O2/c20-12-4-6-14(7-5-12)28-17(19(21,22)23)16(26-27-28)18(29)25-13-3-1-2-11(8-13)15-9-24-10-30-15/h1-10H,(H,25,29). The van der Waals surface area contributed by atoms with Crippen LogP contribution >= 0.6 is 0 Å². The van der Waals surface area contributed by atoms with Crippen molar-refractivity contribution < 1.29 is 26.8 Å². The maximum absolute atomic E-state index is 13.7. The summed E-state index contributed by atoms with van der Waals surface area (Å²) in [6, 6.07) is 10.4. The first-order valence-corrected chi connectivity index (χ1v) is 8.42. The van der Waals surface area contributed by atoms with E-state index in [9.17, 15) is 22.4 Å². The lowest BCUT2D eigenvalue weighted by Crippen LogP contribution is -2.21. The number of amides is 1. The number of nitrogens with one attached hydrogen (secondary N) is 1. The summed E-state index contributed by atoms with van der Waals surface area (Å²) in [6.07, 6.45) is -2.26. The smallest absolute Gasteiger partial charge is 0.435 e. The Morgan fingerprint density at radius 2 is 1.87 bits per heavy atom. The molecular weight excluding hydrogens is 406 g/mol. The van der Waals surface area contributed by atoms with Gasteiger partial charge in [-0.3, -0.25) is 4.79 Å². The molecular formula is C19H11F4N5O2. The third-order valence-corrected chi connectivity index (χ3v) is 4.06. The van der Waals surface area contributed by atoms with E-state index in [1.165, 1.54) is 24.7 Å². The Morgan fingerprint density at radius 1 is 1.10 bits per heavy atom. The van der Waals surface area contributed by atoms with Gasteiger partial charge in [0.1, 0.15) is 5.82 Å². The van der Waals surface area contributed by atoms with Crippen LogP contribution in [0.4, 0.5) is 23.2 Å². The highest BCUT2D eigenvalue weighted by Gasteiger charge is 2.42. The minimum atomic E-state index is -4.94. The SMILES string of the molecule is O=C(Nc1cccc(-c2cnco2)c1)c1nnn(-c2ccc(F)cc2)c1C(F)(F)F. The number of halogens is 4. The van der Waals surface area contributed by atoms with Gasteiger partial charge in [0.15, 0.2) is 23.5 Å². The fraction of sp³-hybridized carbons (Fsp3) is 0.0526. The maximum atomic E-state index is 13.7. The number of hydrogen-bond donors (Lipinski definition) is 1. The van der Waals surface area contributed by atoms with E-state index in [2.05, 4.69) is 20.6 Å². The summed E-state index contributed by atoms with van der Waals surface area (Å²) in [6.45, 7) is 0. The number of hydrogen-bond acceptors (Lipinski definition) is 5. The van der Waals surface area contributed by atoms with Crippen LogP contribution in [0.1, 0.15) is 16.2 Å². The first kappa shape index (κ1) is 19.3. The lowest BCUT2D eigenvalue weighted by Gasteiger charge is -2.11. The highest BCUT2D eigenvalue weighted by Crippen LogP contribution is 2.33. The van der Waals surface area contributed by atoms with Crippen molar-refractivity contribution in [2.24, 2.45) is 0 Å². The van der Waals surface area contributed by atoms with Crippen molar-refractivity contribution in [3.05, 3.63) is 78.3 Å². The van der Waals surface area contributed by atoms with E-state index < -0.39 is 29.3 Å². The van der Waals surface area contributed by atoms with Crippen LogP contribution in [-0.2, 0) is 6.18 Å². The fourth-order valence-corrected chi connectivity index (χ4v) is 2.75. The van der Waals surface area contributed by atoms with Gasteiger partial charge in [0.2, 0.25) is 0 Å². The van der Waals surface area contributed by atoms with E-state index in [0.29, 0.717) is 16.0 Å². The number of oxazole rings is 1. The van der Waals surface area contributed by atoms with Gasteiger partial charge in [0.05, 0.1) is 11.9 Å². The van der Waals surface area contributed by atoms with Crippen molar-refractivity contribution in [2.45, 2.75) is 6.18 Å². The van der Waals surface area contributed by atoms with Crippen LogP contribution in [0, 0.1) is 5.82 Å². The van der Waals surface area contributed by atoms with Gasteiger partial charge in [-0.15, -0.1) is 5.10 Å². The van der Waals surface area contributed by atoms with Crippen molar-refractivity contribution in [1.82, 2.24) is 20.0 Å². The second kappa shape index (κ2) is 7.43. The van der Waals surface area contributed by atoms with Gasteiger partial charge in [-0.2, -0.15) is 13.2 Å². The fourth-order valence-electron chi connectivity index (χ4n) is 2.75. The van der Waals surface area contributed by atoms with Crippen molar-refractivity contribution in [3.8, 4) is 17.0 Å². The zero-order chi connectivity index (χ0) is 21.3. The Bertz CT molecular complexity index is 1180. The number of alkyl halides is 3. The molecule has 152 valence electrons. The molecule has 2 aromatic heterocycles. The van der Waals surface area contributed by atoms with Gasteiger partial charge < -0.3 is 9.73 Å². The molecule has 7 nitrogen and oxygen atoms in total. The van der Waals surface area contributed by atoms with Crippen molar-refractivity contribution >= 4 is 11.6 Å². The monoisotopic (exact) mass is 417 g/mol. The molecule has 0 bridgehead atoms. The van der Waals surface area contributed by atoms with Crippen LogP contribution in [0.2, 0.25) is 0 Å². The van der Waals surface area contributed by atoms with Gasteiger partial charge in [-0.1, -0.05) is 17.3 Å². The van der Waals surface area contributed by atoms with E-state index in [1.807, 2.05) is 0 Å². The number of aromatic nitrogens is 4. The van der Waals surface area contributed by atoms with Crippen molar-refractivity contribution in [2.75, 3.05) is 5.32 Å². The Hall–Kier alpha value is -4.02. The molecule has 0 saturated heterocycles. The third-order valence-electron chi connectivity index (χ3n) is 4.06. The topological polar surface area (TPSA) is 85.8 Å². The Balaban J connectivity index is 1.68. The summed E-state index contributed by atoms with van der Waals surface area (Å²) >= 11 is 0. The minimum absolute atomic E-state index is 0.0948. The molecule has 1 N–H and O–H groups in total. The molecule has 0 aliphatic carbocycles. The zero-order valence-corrected chi connectivity index (χ0v) is 14.9. The molecule has 2 aromatic carbocycles. The number of carbonyl (C=O) groups is 1. The molecule has 0 radical (unpaired) electrons. The Labute approximate surface area is 166 Å². The van der Waals surface area contributed by atoms with Crippen molar-refractivity contribution in [1.29, 1.82) is 0 Å². The molecule has 0 aliphatic rings. The first-order valence-electron chi connectivity index (χ1n) is 8.42. The van der Waals surface area contributed by atoms with E-state index in [1.54, 1.807) is 12.1 Å². The lowest BCUT2D eigenvalue weighted by molar-refractivity contribution is -0.143. The van der Waals surface area contributed by atoms with Crippen LogP contribution in [-0.4, -0.2) is 25.9 Å². The van der Waals surface area contributed by atoms with Gasteiger partial charge >= 0.3 is 6.18 Å². The minimum Gasteiger partial charge on any atom is -0.444 e. The molecule has 4 rings (SSSR count). The summed E-state index contributed by atoms with van der Waals surface area (Å²) in [4.78, 5) is 16.3. The zero-order valence-electron chi connectivity index (χ0n) is 14.9. The maximum Gasteiger partial charge on any atom is 0.435 e. The van der Waals surface area contributed by atoms with Crippen LogP contribution in [0.3, 0.4) is 0 Å². The molecule has 2 heterocycles. The molecule has 4 aromatic rings. The largest absolute Gasteiger partial charge is 0.444 e. The Morgan fingerprint density at radius 3 is 2.53 bits per heavy atom. The summed E-state index contributed by atoms with van der Waals surface area (Å²) in [5.41, 5.74) is -1.60. The molecule has 0 spiro atoms. The average Bonchev–Trinajstić information content (AvgIpc) is 3.39. The highest BCUT2D eigenvalue weighted by molar-refractivity contribution is 6.04. The second-order valence-electron chi connectivity index (χ2n) is 6.07. The quantitative estimate of drug-likeness (QED) is 0.500. The van der Waals surface area contributed by atoms with Gasteiger partial charge in [-0.25, -0.2) is 14.1 Å². The number of carbonyl (C=O) groups excluding carboxylic acids is 1. The molecule has 11 heteroatoms. The predicted octanol–water partition coefficient (Wildman–Crippen LogP) is 4.33. The summed E-state index contributed by atoms with van der Waals surface area (Å²) in [5.74, 6) is -1.31. The number of anilines is 1. The van der Waals surface area contributed by atoms with Crippen molar-refractivity contribution in [3.63, 3.8) is 0 Å². The summed E-state index contributed by atoms with van der Waals surface area (Å²) < 4.78 is 59.8. The van der Waals surface area contributed by atoms with Gasteiger partial charge in [-0.05, 0) is 36.4 Å². The normalized spacial score (nSPS) is 11.5. The Kier molecular flexibility index (Phi) is 4.78. The van der Waals surface area contributed by atoms with E-state index in [0.717, 1.165) is 24.3 Å². The number of nitrogens with zero attached hydrogens (tertiary/aromatic N) is 4. The van der Waals surface area contributed by atoms with Crippen LogP contribution < -0.4 is 5.32 Å². The highest BCUT2D eigenvalue weighted by atomic mass is 19.4. The van der Waals surface area contributed by atoms with Gasteiger partial charge in [0.25, 0.3) is 5.91 Å². The van der Waals surface area contributed by atoms with Gasteiger partial charge in [0, 0.05) is 11.3 Å². The molecule has 30 heavy (non-hydrogen) atoms. The van der Waals surface area contributed by atoms with E-state index in [4.69, 9.17) is 4.42 Å². The third kappa shape index (κ3) is 3.77. The van der Waals surface area contributed by atoms with Crippen LogP contribution in [0.15, 0.2) is 65.5 Å². The molecule has 0 unspecified atom stereocenters.